The van der Waals surface area contributed by atoms with Gasteiger partial charge in [0.2, 0.25) is 0 Å². The molecule has 0 aliphatic heterocycles. The van der Waals surface area contributed by atoms with Crippen LogP contribution in [0.5, 0.6) is 0 Å². The van der Waals surface area contributed by atoms with Gasteiger partial charge in [0.05, 0.1) is 11.3 Å². The van der Waals surface area contributed by atoms with Gasteiger partial charge in [-0.15, -0.1) is 11.3 Å². The summed E-state index contributed by atoms with van der Waals surface area (Å²) in [6.45, 7) is 2.51. The molecule has 4 nitrogen and oxygen atoms in total. The second-order valence-electron chi connectivity index (χ2n) is 3.65. The molecule has 2 aromatic rings. The van der Waals surface area contributed by atoms with Crippen molar-refractivity contribution < 1.29 is 9.90 Å². The van der Waals surface area contributed by atoms with Crippen molar-refractivity contribution in [1.82, 2.24) is 4.98 Å². The summed E-state index contributed by atoms with van der Waals surface area (Å²) in [5, 5.41) is 14.8. The van der Waals surface area contributed by atoms with Crippen molar-refractivity contribution >= 4 is 22.4 Å². The van der Waals surface area contributed by atoms with Crippen LogP contribution >= 0.6 is 11.3 Å². The standard InChI is InChI=1S/C12H12N2O2S/c1-8-7-17-12(14-8)13-6-9-3-2-4-10(5-9)11(15)16/h2-5,7H,6H2,1H3,(H,13,14)(H,15,16). The minimum absolute atomic E-state index is 0.305. The third-order valence-corrected chi connectivity index (χ3v) is 3.15. The lowest BCUT2D eigenvalue weighted by atomic mass is 10.1. The van der Waals surface area contributed by atoms with Crippen LogP contribution in [0.25, 0.3) is 0 Å². The first-order valence-electron chi connectivity index (χ1n) is 5.13. The van der Waals surface area contributed by atoms with Crippen molar-refractivity contribution in [1.29, 1.82) is 0 Å². The quantitative estimate of drug-likeness (QED) is 0.873. The lowest BCUT2D eigenvalue weighted by molar-refractivity contribution is 0.0697. The molecule has 2 rings (SSSR count). The average molecular weight is 248 g/mol. The fraction of sp³-hybridized carbons (Fsp3) is 0.167. The fourth-order valence-electron chi connectivity index (χ4n) is 1.43. The van der Waals surface area contributed by atoms with E-state index < -0.39 is 5.97 Å². The van der Waals surface area contributed by atoms with E-state index >= 15 is 0 Å². The maximum Gasteiger partial charge on any atom is 0.335 e. The van der Waals surface area contributed by atoms with Crippen molar-refractivity contribution in [2.24, 2.45) is 0 Å². The number of aromatic nitrogens is 1. The largest absolute Gasteiger partial charge is 0.478 e. The molecule has 17 heavy (non-hydrogen) atoms. The van der Waals surface area contributed by atoms with Crippen LogP contribution in [0.1, 0.15) is 21.6 Å². The van der Waals surface area contributed by atoms with Gasteiger partial charge in [-0.25, -0.2) is 9.78 Å². The Hall–Kier alpha value is -1.88. The van der Waals surface area contributed by atoms with E-state index in [2.05, 4.69) is 10.3 Å². The molecule has 0 amide bonds. The number of aromatic carboxylic acids is 1. The number of thiazole rings is 1. The highest BCUT2D eigenvalue weighted by Crippen LogP contribution is 2.15. The van der Waals surface area contributed by atoms with Crippen molar-refractivity contribution in [3.8, 4) is 0 Å². The summed E-state index contributed by atoms with van der Waals surface area (Å²) in [6, 6.07) is 6.88. The number of anilines is 1. The molecule has 0 aliphatic carbocycles. The second kappa shape index (κ2) is 4.97. The number of aryl methyl sites for hydroxylation is 1. The number of carbonyl (C=O) groups is 1. The first kappa shape index (κ1) is 11.6. The summed E-state index contributed by atoms with van der Waals surface area (Å²) in [5.41, 5.74) is 2.22. The lowest BCUT2D eigenvalue weighted by Gasteiger charge is -2.03. The van der Waals surface area contributed by atoms with Gasteiger partial charge in [0.15, 0.2) is 5.13 Å². The van der Waals surface area contributed by atoms with Gasteiger partial charge in [-0.3, -0.25) is 0 Å². The summed E-state index contributed by atoms with van der Waals surface area (Å²) in [6.07, 6.45) is 0. The number of nitrogens with zero attached hydrogens (tertiary/aromatic N) is 1. The topological polar surface area (TPSA) is 62.2 Å². The molecule has 0 saturated heterocycles. The van der Waals surface area contributed by atoms with E-state index in [1.165, 1.54) is 0 Å². The Bertz CT molecular complexity index is 537. The minimum atomic E-state index is -0.906. The van der Waals surface area contributed by atoms with E-state index in [1.54, 1.807) is 29.5 Å². The SMILES string of the molecule is Cc1csc(NCc2cccc(C(=O)O)c2)n1. The molecule has 1 heterocycles. The highest BCUT2D eigenvalue weighted by molar-refractivity contribution is 7.13. The molecule has 0 fully saturated rings. The van der Waals surface area contributed by atoms with Crippen LogP contribution in [0, 0.1) is 6.92 Å². The first-order chi connectivity index (χ1) is 8.15. The van der Waals surface area contributed by atoms with Gasteiger partial charge >= 0.3 is 5.97 Å². The minimum Gasteiger partial charge on any atom is -0.478 e. The maximum absolute atomic E-state index is 10.8. The lowest BCUT2D eigenvalue weighted by Crippen LogP contribution is -2.02. The number of rotatable bonds is 4. The maximum atomic E-state index is 10.8. The summed E-state index contributed by atoms with van der Waals surface area (Å²) in [7, 11) is 0. The molecule has 0 saturated carbocycles. The van der Waals surface area contributed by atoms with Gasteiger partial charge in [-0.05, 0) is 24.6 Å². The average Bonchev–Trinajstić information content (AvgIpc) is 2.73. The highest BCUT2D eigenvalue weighted by Gasteiger charge is 2.03. The normalized spacial score (nSPS) is 10.2. The van der Waals surface area contributed by atoms with Crippen LogP contribution in [0.4, 0.5) is 5.13 Å². The van der Waals surface area contributed by atoms with Gasteiger partial charge < -0.3 is 10.4 Å². The molecule has 0 bridgehead atoms. The number of carboxylic acids is 1. The van der Waals surface area contributed by atoms with E-state index in [1.807, 2.05) is 18.4 Å². The van der Waals surface area contributed by atoms with Crippen molar-refractivity contribution in [3.05, 3.63) is 46.5 Å². The molecule has 0 unspecified atom stereocenters. The molecule has 2 N–H and O–H groups in total. The highest BCUT2D eigenvalue weighted by atomic mass is 32.1. The van der Waals surface area contributed by atoms with Gasteiger partial charge in [-0.1, -0.05) is 12.1 Å². The van der Waals surface area contributed by atoms with E-state index in [0.717, 1.165) is 16.4 Å². The monoisotopic (exact) mass is 248 g/mol. The molecule has 0 spiro atoms. The van der Waals surface area contributed by atoms with Crippen LogP contribution in [-0.2, 0) is 6.54 Å². The molecular weight excluding hydrogens is 236 g/mol. The predicted octanol–water partition coefficient (Wildman–Crippen LogP) is 2.76. The van der Waals surface area contributed by atoms with Crippen LogP contribution < -0.4 is 5.32 Å². The number of benzene rings is 1. The Morgan fingerprint density at radius 1 is 1.53 bits per heavy atom. The molecule has 5 heteroatoms. The number of carboxylic acid groups (broad SMARTS) is 1. The van der Waals surface area contributed by atoms with Crippen LogP contribution in [0.2, 0.25) is 0 Å². The summed E-state index contributed by atoms with van der Waals surface area (Å²) < 4.78 is 0. The molecule has 88 valence electrons. The number of hydrogen-bond donors (Lipinski definition) is 2. The zero-order valence-corrected chi connectivity index (χ0v) is 10.1. The first-order valence-corrected chi connectivity index (χ1v) is 6.01. The number of hydrogen-bond acceptors (Lipinski definition) is 4. The smallest absolute Gasteiger partial charge is 0.335 e. The molecule has 1 aromatic heterocycles. The molecule has 0 atom stereocenters. The molecule has 1 aromatic carbocycles. The van der Waals surface area contributed by atoms with Crippen LogP contribution in [0.3, 0.4) is 0 Å². The van der Waals surface area contributed by atoms with Gasteiger partial charge in [-0.2, -0.15) is 0 Å². The zero-order chi connectivity index (χ0) is 12.3. The third-order valence-electron chi connectivity index (χ3n) is 2.24. The summed E-state index contributed by atoms with van der Waals surface area (Å²) in [4.78, 5) is 15.1. The molecular formula is C12H12N2O2S. The predicted molar refractivity (Wildman–Crippen MR) is 67.6 cm³/mol. The summed E-state index contributed by atoms with van der Waals surface area (Å²) >= 11 is 1.54. The Labute approximate surface area is 103 Å². The van der Waals surface area contributed by atoms with E-state index in [0.29, 0.717) is 12.1 Å². The Balaban J connectivity index is 2.04. The second-order valence-corrected chi connectivity index (χ2v) is 4.51. The Morgan fingerprint density at radius 2 is 2.35 bits per heavy atom. The zero-order valence-electron chi connectivity index (χ0n) is 9.30. The van der Waals surface area contributed by atoms with Crippen molar-refractivity contribution in [2.75, 3.05) is 5.32 Å². The van der Waals surface area contributed by atoms with Crippen molar-refractivity contribution in [3.63, 3.8) is 0 Å². The third kappa shape index (κ3) is 3.04. The van der Waals surface area contributed by atoms with Gasteiger partial charge in [0.1, 0.15) is 0 Å². The van der Waals surface area contributed by atoms with E-state index in [9.17, 15) is 4.79 Å². The van der Waals surface area contributed by atoms with Gasteiger partial charge in [0.25, 0.3) is 0 Å². The Morgan fingerprint density at radius 3 is 3.00 bits per heavy atom. The van der Waals surface area contributed by atoms with Crippen LogP contribution in [0.15, 0.2) is 29.6 Å². The van der Waals surface area contributed by atoms with E-state index in [-0.39, 0.29) is 0 Å². The van der Waals surface area contributed by atoms with Crippen LogP contribution in [-0.4, -0.2) is 16.1 Å². The van der Waals surface area contributed by atoms with Crippen molar-refractivity contribution in [2.45, 2.75) is 13.5 Å². The van der Waals surface area contributed by atoms with E-state index in [4.69, 9.17) is 5.11 Å². The molecule has 0 aliphatic rings. The van der Waals surface area contributed by atoms with Gasteiger partial charge in [0, 0.05) is 11.9 Å². The Kier molecular flexibility index (Phi) is 3.39. The fourth-order valence-corrected chi connectivity index (χ4v) is 2.11. The summed E-state index contributed by atoms with van der Waals surface area (Å²) in [5.74, 6) is -0.906. The number of nitrogens with one attached hydrogen (secondary N) is 1. The molecule has 0 radical (unpaired) electrons.